The number of amides is 1. The van der Waals surface area contributed by atoms with Gasteiger partial charge in [0.1, 0.15) is 5.82 Å². The average Bonchev–Trinajstić information content (AvgIpc) is 2.89. The van der Waals surface area contributed by atoms with Gasteiger partial charge in [0.15, 0.2) is 18.1 Å². The van der Waals surface area contributed by atoms with E-state index in [0.717, 1.165) is 4.47 Å². The molecular weight excluding hydrogens is 596 g/mol. The second-order valence-corrected chi connectivity index (χ2v) is 9.71. The van der Waals surface area contributed by atoms with Gasteiger partial charge >= 0.3 is 0 Å². The molecule has 0 atom stereocenters. The molecule has 190 valence electrons. The Hall–Kier alpha value is -2.76. The first kappa shape index (κ1) is 26.3. The predicted molar refractivity (Wildman–Crippen MR) is 144 cm³/mol. The molecule has 0 radical (unpaired) electrons. The van der Waals surface area contributed by atoms with Crippen LogP contribution in [0.25, 0.3) is 10.9 Å². The molecule has 2 heterocycles. The lowest BCUT2D eigenvalue weighted by Crippen LogP contribution is -2.43. The Kier molecular flexibility index (Phi) is 8.76. The van der Waals surface area contributed by atoms with E-state index in [4.69, 9.17) is 14.2 Å². The minimum Gasteiger partial charge on any atom is -0.490 e. The molecular formula is C25H26Br2N4O5. The summed E-state index contributed by atoms with van der Waals surface area (Å²) >= 11 is 6.96. The van der Waals surface area contributed by atoms with Crippen LogP contribution in [-0.4, -0.2) is 66.2 Å². The Balaban J connectivity index is 1.61. The smallest absolute Gasteiger partial charge is 0.282 e. The normalized spacial score (nSPS) is 13.9. The molecule has 0 N–H and O–H groups in total. The molecule has 4 rings (SSSR count). The number of fused-ring (bicyclic) bond motifs is 1. The zero-order chi connectivity index (χ0) is 25.7. The van der Waals surface area contributed by atoms with Gasteiger partial charge in [0.2, 0.25) is 0 Å². The molecule has 36 heavy (non-hydrogen) atoms. The number of carbonyl (C=O) groups excluding carboxylic acids is 1. The van der Waals surface area contributed by atoms with Crippen molar-refractivity contribution in [2.24, 2.45) is 5.10 Å². The van der Waals surface area contributed by atoms with Gasteiger partial charge in [0.05, 0.1) is 36.9 Å². The molecule has 2 aromatic carbocycles. The van der Waals surface area contributed by atoms with Crippen molar-refractivity contribution in [2.45, 2.75) is 20.3 Å². The molecule has 11 heteroatoms. The van der Waals surface area contributed by atoms with Gasteiger partial charge in [-0.3, -0.25) is 9.59 Å². The highest BCUT2D eigenvalue weighted by Gasteiger charge is 2.19. The molecule has 1 amide bonds. The molecule has 3 aromatic rings. The summed E-state index contributed by atoms with van der Waals surface area (Å²) in [6, 6.07) is 8.89. The van der Waals surface area contributed by atoms with E-state index in [1.807, 2.05) is 26.0 Å². The van der Waals surface area contributed by atoms with Gasteiger partial charge < -0.3 is 19.1 Å². The fourth-order valence-electron chi connectivity index (χ4n) is 3.74. The molecule has 1 saturated heterocycles. The summed E-state index contributed by atoms with van der Waals surface area (Å²) < 4.78 is 19.7. The van der Waals surface area contributed by atoms with Crippen LogP contribution in [0, 0.1) is 0 Å². The number of halogens is 2. The second kappa shape index (κ2) is 12.0. The van der Waals surface area contributed by atoms with Crippen molar-refractivity contribution < 1.29 is 19.0 Å². The maximum Gasteiger partial charge on any atom is 0.282 e. The third kappa shape index (κ3) is 5.96. The largest absolute Gasteiger partial charge is 0.490 e. The maximum absolute atomic E-state index is 13.2. The lowest BCUT2D eigenvalue weighted by atomic mass is 10.2. The van der Waals surface area contributed by atoms with Gasteiger partial charge in [0.25, 0.3) is 11.5 Å². The number of aryl methyl sites for hydroxylation is 1. The van der Waals surface area contributed by atoms with Crippen LogP contribution in [0.15, 0.2) is 49.2 Å². The van der Waals surface area contributed by atoms with E-state index in [9.17, 15) is 9.59 Å². The summed E-state index contributed by atoms with van der Waals surface area (Å²) in [5, 5.41) is 4.93. The van der Waals surface area contributed by atoms with Crippen LogP contribution in [0.3, 0.4) is 0 Å². The van der Waals surface area contributed by atoms with Gasteiger partial charge in [-0.15, -0.1) is 0 Å². The Morgan fingerprint density at radius 2 is 1.89 bits per heavy atom. The topological polar surface area (TPSA) is 95.2 Å². The fraction of sp³-hybridized carbons (Fsp3) is 0.360. The summed E-state index contributed by atoms with van der Waals surface area (Å²) in [6.07, 6.45) is 2.11. The number of hydrogen-bond acceptors (Lipinski definition) is 7. The second-order valence-electron chi connectivity index (χ2n) is 7.94. The molecule has 0 aliphatic carbocycles. The molecule has 1 aliphatic heterocycles. The Morgan fingerprint density at radius 1 is 1.14 bits per heavy atom. The molecule has 0 saturated carbocycles. The standard InChI is InChI=1S/C25H26Br2N4O5/c1-3-23-29-20-6-5-17(26)12-18(20)25(33)31(23)28-14-16-11-21(35-4-2)22(13-19(16)27)36-15-24(32)30-7-9-34-10-8-30/h5-6,11-14H,3-4,7-10,15H2,1-2H3. The number of benzene rings is 2. The van der Waals surface area contributed by atoms with Crippen LogP contribution >= 0.6 is 31.9 Å². The van der Waals surface area contributed by atoms with Gasteiger partial charge in [-0.25, -0.2) is 4.98 Å². The zero-order valence-electron chi connectivity index (χ0n) is 20.0. The quantitative estimate of drug-likeness (QED) is 0.353. The lowest BCUT2D eigenvalue weighted by Gasteiger charge is -2.26. The van der Waals surface area contributed by atoms with Crippen molar-refractivity contribution in [1.29, 1.82) is 0 Å². The number of carbonyl (C=O) groups is 1. The first-order valence-corrected chi connectivity index (χ1v) is 13.2. The van der Waals surface area contributed by atoms with Crippen LogP contribution in [0.1, 0.15) is 25.2 Å². The van der Waals surface area contributed by atoms with Crippen molar-refractivity contribution >= 4 is 54.9 Å². The summed E-state index contributed by atoms with van der Waals surface area (Å²) in [5.74, 6) is 1.35. The summed E-state index contributed by atoms with van der Waals surface area (Å²) in [7, 11) is 0. The van der Waals surface area contributed by atoms with E-state index in [2.05, 4.69) is 41.9 Å². The number of nitrogens with zero attached hydrogens (tertiary/aromatic N) is 4. The third-order valence-electron chi connectivity index (χ3n) is 5.58. The van der Waals surface area contributed by atoms with E-state index in [0.29, 0.717) is 77.6 Å². The number of aromatic nitrogens is 2. The molecule has 0 bridgehead atoms. The van der Waals surface area contributed by atoms with E-state index < -0.39 is 0 Å². The van der Waals surface area contributed by atoms with Crippen molar-refractivity contribution in [3.05, 3.63) is 61.0 Å². The highest BCUT2D eigenvalue weighted by molar-refractivity contribution is 9.10. The molecule has 1 aliphatic rings. The molecule has 1 aromatic heterocycles. The fourth-order valence-corrected chi connectivity index (χ4v) is 4.52. The SMILES string of the molecule is CCOc1cc(C=Nn2c(CC)nc3ccc(Br)cc3c2=O)c(Br)cc1OCC(=O)N1CCOCC1. The first-order chi connectivity index (χ1) is 17.4. The zero-order valence-corrected chi connectivity index (χ0v) is 23.2. The van der Waals surface area contributed by atoms with Crippen LogP contribution in [0.4, 0.5) is 0 Å². The van der Waals surface area contributed by atoms with Gasteiger partial charge in [-0.05, 0) is 53.2 Å². The molecule has 0 unspecified atom stereocenters. The summed E-state index contributed by atoms with van der Waals surface area (Å²) in [4.78, 5) is 32.0. The minimum absolute atomic E-state index is 0.104. The first-order valence-electron chi connectivity index (χ1n) is 11.6. The molecule has 0 spiro atoms. The number of hydrogen-bond donors (Lipinski definition) is 0. The van der Waals surface area contributed by atoms with E-state index in [1.54, 1.807) is 29.3 Å². The Morgan fingerprint density at radius 3 is 2.61 bits per heavy atom. The highest BCUT2D eigenvalue weighted by atomic mass is 79.9. The van der Waals surface area contributed by atoms with Crippen molar-refractivity contribution in [2.75, 3.05) is 39.5 Å². The van der Waals surface area contributed by atoms with Crippen LogP contribution in [0.2, 0.25) is 0 Å². The number of rotatable bonds is 8. The van der Waals surface area contributed by atoms with Crippen LogP contribution in [-0.2, 0) is 16.0 Å². The number of ether oxygens (including phenoxy) is 3. The molecule has 1 fully saturated rings. The van der Waals surface area contributed by atoms with E-state index in [-0.39, 0.29) is 18.1 Å². The van der Waals surface area contributed by atoms with Gasteiger partial charge in [0, 0.05) is 34.0 Å². The van der Waals surface area contributed by atoms with Crippen molar-refractivity contribution in [3.63, 3.8) is 0 Å². The van der Waals surface area contributed by atoms with Gasteiger partial charge in [-0.2, -0.15) is 9.78 Å². The van der Waals surface area contributed by atoms with Gasteiger partial charge in [-0.1, -0.05) is 22.9 Å². The monoisotopic (exact) mass is 620 g/mol. The average molecular weight is 622 g/mol. The van der Waals surface area contributed by atoms with Crippen molar-refractivity contribution in [3.8, 4) is 11.5 Å². The van der Waals surface area contributed by atoms with E-state index >= 15 is 0 Å². The predicted octanol–water partition coefficient (Wildman–Crippen LogP) is 4.00. The highest BCUT2D eigenvalue weighted by Crippen LogP contribution is 2.33. The van der Waals surface area contributed by atoms with Crippen LogP contribution < -0.4 is 15.0 Å². The van der Waals surface area contributed by atoms with Crippen LogP contribution in [0.5, 0.6) is 11.5 Å². The maximum atomic E-state index is 13.2. The Labute approximate surface area is 225 Å². The summed E-state index contributed by atoms with van der Waals surface area (Å²) in [6.45, 7) is 6.27. The van der Waals surface area contributed by atoms with E-state index in [1.165, 1.54) is 4.68 Å². The third-order valence-corrected chi connectivity index (χ3v) is 6.76. The minimum atomic E-state index is -0.253. The number of morpholine rings is 1. The molecule has 9 nitrogen and oxygen atoms in total. The lowest BCUT2D eigenvalue weighted by molar-refractivity contribution is -0.137. The Bertz CT molecular complexity index is 1350. The summed E-state index contributed by atoms with van der Waals surface area (Å²) in [5.41, 5.74) is 1.05. The van der Waals surface area contributed by atoms with Crippen molar-refractivity contribution in [1.82, 2.24) is 14.6 Å².